The summed E-state index contributed by atoms with van der Waals surface area (Å²) in [6, 6.07) is 12.5. The number of halogens is 1. The van der Waals surface area contributed by atoms with E-state index in [1.807, 2.05) is 31.2 Å². The Morgan fingerprint density at radius 3 is 2.37 bits per heavy atom. The van der Waals surface area contributed by atoms with E-state index in [2.05, 4.69) is 5.32 Å². The number of sulfonamides is 1. The van der Waals surface area contributed by atoms with Crippen molar-refractivity contribution >= 4 is 21.6 Å². The van der Waals surface area contributed by atoms with Crippen molar-refractivity contribution in [2.45, 2.75) is 31.1 Å². The van der Waals surface area contributed by atoms with Crippen LogP contribution in [0.3, 0.4) is 0 Å². The van der Waals surface area contributed by atoms with Crippen LogP contribution < -0.4 is 5.32 Å². The molecule has 1 amide bonds. The van der Waals surface area contributed by atoms with E-state index in [4.69, 9.17) is 0 Å². The Hall–Kier alpha value is -2.25. The molecule has 27 heavy (non-hydrogen) atoms. The van der Waals surface area contributed by atoms with E-state index in [9.17, 15) is 17.6 Å². The van der Waals surface area contributed by atoms with Gasteiger partial charge in [0, 0.05) is 24.7 Å². The lowest BCUT2D eigenvalue weighted by Gasteiger charge is -2.30. The molecule has 0 spiro atoms. The summed E-state index contributed by atoms with van der Waals surface area (Å²) in [6.07, 6.45) is 1.74. The minimum atomic E-state index is -3.66. The number of amides is 1. The monoisotopic (exact) mass is 390 g/mol. The lowest BCUT2D eigenvalue weighted by atomic mass is 9.97. The number of hydrogen-bond donors (Lipinski definition) is 1. The zero-order valence-electron chi connectivity index (χ0n) is 15.2. The predicted molar refractivity (Wildman–Crippen MR) is 102 cm³/mol. The zero-order chi connectivity index (χ0) is 19.4. The first-order valence-corrected chi connectivity index (χ1v) is 10.5. The summed E-state index contributed by atoms with van der Waals surface area (Å²) >= 11 is 0. The van der Waals surface area contributed by atoms with Gasteiger partial charge in [0.25, 0.3) is 0 Å². The highest BCUT2D eigenvalue weighted by Crippen LogP contribution is 2.25. The van der Waals surface area contributed by atoms with E-state index in [1.165, 1.54) is 16.4 Å². The third kappa shape index (κ3) is 4.36. The second kappa shape index (κ2) is 8.19. The molecule has 7 heteroatoms. The molecule has 0 atom stereocenters. The first kappa shape index (κ1) is 19.5. The van der Waals surface area contributed by atoms with Gasteiger partial charge in [-0.05, 0) is 55.2 Å². The van der Waals surface area contributed by atoms with E-state index >= 15 is 0 Å². The third-order valence-electron chi connectivity index (χ3n) is 4.93. The Balaban J connectivity index is 1.63. The second-order valence-electron chi connectivity index (χ2n) is 6.63. The Labute approximate surface area is 159 Å². The molecule has 1 fully saturated rings. The van der Waals surface area contributed by atoms with Crippen LogP contribution in [0, 0.1) is 11.7 Å². The lowest BCUT2D eigenvalue weighted by Crippen LogP contribution is -2.41. The van der Waals surface area contributed by atoms with E-state index in [0.29, 0.717) is 12.8 Å². The van der Waals surface area contributed by atoms with E-state index < -0.39 is 15.8 Å². The first-order chi connectivity index (χ1) is 12.9. The SMILES string of the molecule is CCc1ccccc1NC(=O)C1CCN(S(=O)(=O)c2ccc(F)cc2)CC1. The molecule has 0 aromatic heterocycles. The number of piperidine rings is 1. The fourth-order valence-corrected chi connectivity index (χ4v) is 4.77. The number of carbonyl (C=O) groups is 1. The van der Waals surface area contributed by atoms with Gasteiger partial charge in [-0.15, -0.1) is 0 Å². The summed E-state index contributed by atoms with van der Waals surface area (Å²) in [5, 5.41) is 2.97. The smallest absolute Gasteiger partial charge is 0.243 e. The lowest BCUT2D eigenvalue weighted by molar-refractivity contribution is -0.120. The van der Waals surface area contributed by atoms with E-state index in [-0.39, 0.29) is 29.8 Å². The number of nitrogens with one attached hydrogen (secondary N) is 1. The van der Waals surface area contributed by atoms with Gasteiger partial charge in [0.15, 0.2) is 0 Å². The van der Waals surface area contributed by atoms with Crippen molar-refractivity contribution in [3.05, 3.63) is 59.9 Å². The molecule has 0 aliphatic carbocycles. The molecule has 0 unspecified atom stereocenters. The van der Waals surface area contributed by atoms with Crippen molar-refractivity contribution in [3.63, 3.8) is 0 Å². The number of anilines is 1. The zero-order valence-corrected chi connectivity index (χ0v) is 16.0. The van der Waals surface area contributed by atoms with Gasteiger partial charge in [0.1, 0.15) is 5.82 Å². The predicted octanol–water partition coefficient (Wildman–Crippen LogP) is 3.43. The molecule has 0 saturated carbocycles. The maximum Gasteiger partial charge on any atom is 0.243 e. The highest BCUT2D eigenvalue weighted by Gasteiger charge is 2.32. The topological polar surface area (TPSA) is 66.5 Å². The molecule has 3 rings (SSSR count). The van der Waals surface area contributed by atoms with Crippen molar-refractivity contribution in [1.82, 2.24) is 4.31 Å². The Morgan fingerprint density at radius 1 is 1.11 bits per heavy atom. The fourth-order valence-electron chi connectivity index (χ4n) is 3.30. The summed E-state index contributed by atoms with van der Waals surface area (Å²) in [6.45, 7) is 2.57. The number of hydrogen-bond acceptors (Lipinski definition) is 3. The van der Waals surface area contributed by atoms with E-state index in [0.717, 1.165) is 29.8 Å². The maximum atomic E-state index is 13.0. The standard InChI is InChI=1S/C20H23FN2O3S/c1-2-15-5-3-4-6-19(15)22-20(24)16-11-13-23(14-12-16)27(25,26)18-9-7-17(21)8-10-18/h3-10,16H,2,11-14H2,1H3,(H,22,24). The Bertz CT molecular complexity index is 905. The van der Waals surface area contributed by atoms with Crippen molar-refractivity contribution in [3.8, 4) is 0 Å². The average molecular weight is 390 g/mol. The number of nitrogens with zero attached hydrogens (tertiary/aromatic N) is 1. The Morgan fingerprint density at radius 2 is 1.74 bits per heavy atom. The summed E-state index contributed by atoms with van der Waals surface area (Å²) in [5.74, 6) is -0.777. The fraction of sp³-hybridized carbons (Fsp3) is 0.350. The number of aryl methyl sites for hydroxylation is 1. The molecule has 1 aliphatic heterocycles. The number of para-hydroxylation sites is 1. The summed E-state index contributed by atoms with van der Waals surface area (Å²) < 4.78 is 39.7. The van der Waals surface area contributed by atoms with Crippen LogP contribution in [0.2, 0.25) is 0 Å². The highest BCUT2D eigenvalue weighted by molar-refractivity contribution is 7.89. The summed E-state index contributed by atoms with van der Waals surface area (Å²) in [4.78, 5) is 12.7. The number of carbonyl (C=O) groups excluding carboxylic acids is 1. The molecule has 5 nitrogen and oxygen atoms in total. The highest BCUT2D eigenvalue weighted by atomic mass is 32.2. The molecule has 1 saturated heterocycles. The van der Waals surface area contributed by atoms with Gasteiger partial charge in [0.05, 0.1) is 4.90 Å². The molecule has 0 bridgehead atoms. The van der Waals surface area contributed by atoms with Gasteiger partial charge in [-0.1, -0.05) is 25.1 Å². The molecule has 2 aromatic carbocycles. The van der Waals surface area contributed by atoms with Crippen molar-refractivity contribution in [2.75, 3.05) is 18.4 Å². The molecular weight excluding hydrogens is 367 g/mol. The van der Waals surface area contributed by atoms with Crippen molar-refractivity contribution in [1.29, 1.82) is 0 Å². The van der Waals surface area contributed by atoms with E-state index in [1.54, 1.807) is 0 Å². The Kier molecular flexibility index (Phi) is 5.92. The van der Waals surface area contributed by atoms with Gasteiger partial charge in [-0.25, -0.2) is 12.8 Å². The molecular formula is C20H23FN2O3S. The van der Waals surface area contributed by atoms with Crippen LogP contribution in [0.1, 0.15) is 25.3 Å². The van der Waals surface area contributed by atoms with Crippen LogP contribution in [0.4, 0.5) is 10.1 Å². The second-order valence-corrected chi connectivity index (χ2v) is 8.57. The first-order valence-electron chi connectivity index (χ1n) is 9.06. The molecule has 0 radical (unpaired) electrons. The molecule has 1 aliphatic rings. The van der Waals surface area contributed by atoms with Crippen molar-refractivity contribution in [2.24, 2.45) is 5.92 Å². The van der Waals surface area contributed by atoms with Gasteiger partial charge in [-0.3, -0.25) is 4.79 Å². The largest absolute Gasteiger partial charge is 0.326 e. The summed E-state index contributed by atoms with van der Waals surface area (Å²) in [7, 11) is -3.66. The summed E-state index contributed by atoms with van der Waals surface area (Å²) in [5.41, 5.74) is 1.88. The average Bonchev–Trinajstić information content (AvgIpc) is 2.69. The quantitative estimate of drug-likeness (QED) is 0.851. The minimum Gasteiger partial charge on any atom is -0.326 e. The normalized spacial score (nSPS) is 16.2. The van der Waals surface area contributed by atoms with Crippen LogP contribution in [0.15, 0.2) is 53.4 Å². The van der Waals surface area contributed by atoms with Gasteiger partial charge >= 0.3 is 0 Å². The maximum absolute atomic E-state index is 13.0. The van der Waals surface area contributed by atoms with Crippen molar-refractivity contribution < 1.29 is 17.6 Å². The van der Waals surface area contributed by atoms with Gasteiger partial charge < -0.3 is 5.32 Å². The van der Waals surface area contributed by atoms with Gasteiger partial charge in [0.2, 0.25) is 15.9 Å². The number of rotatable bonds is 5. The van der Waals surface area contributed by atoms with Crippen LogP contribution in [-0.2, 0) is 21.2 Å². The molecule has 2 aromatic rings. The molecule has 1 N–H and O–H groups in total. The van der Waals surface area contributed by atoms with Gasteiger partial charge in [-0.2, -0.15) is 4.31 Å². The van der Waals surface area contributed by atoms with Crippen LogP contribution in [-0.4, -0.2) is 31.7 Å². The third-order valence-corrected chi connectivity index (χ3v) is 6.85. The van der Waals surface area contributed by atoms with Crippen LogP contribution in [0.25, 0.3) is 0 Å². The molecule has 144 valence electrons. The number of benzene rings is 2. The van der Waals surface area contributed by atoms with Crippen LogP contribution in [0.5, 0.6) is 0 Å². The van der Waals surface area contributed by atoms with Crippen LogP contribution >= 0.6 is 0 Å². The molecule has 1 heterocycles. The minimum absolute atomic E-state index is 0.0728.